The zero-order chi connectivity index (χ0) is 13.8. The molecule has 0 aliphatic rings. The standard InChI is InChI=1S/C16H26O2/c1-6-16(5,17)13(2)12-18-15(3,4)14-10-8-7-9-11-14/h7-11,13,17H,6,12H2,1-5H3. The molecule has 0 saturated carbocycles. The first-order chi connectivity index (χ1) is 8.29. The Hall–Kier alpha value is -0.860. The molecule has 0 saturated heterocycles. The van der Waals surface area contributed by atoms with Gasteiger partial charge in [-0.25, -0.2) is 0 Å². The van der Waals surface area contributed by atoms with E-state index < -0.39 is 5.60 Å². The van der Waals surface area contributed by atoms with Crippen LogP contribution in [0.15, 0.2) is 30.3 Å². The molecule has 2 unspecified atom stereocenters. The summed E-state index contributed by atoms with van der Waals surface area (Å²) in [6, 6.07) is 10.2. The third-order valence-corrected chi connectivity index (χ3v) is 3.94. The molecule has 1 aromatic carbocycles. The minimum absolute atomic E-state index is 0.116. The van der Waals surface area contributed by atoms with Crippen LogP contribution in [0.4, 0.5) is 0 Å². The van der Waals surface area contributed by atoms with Crippen molar-refractivity contribution in [1.82, 2.24) is 0 Å². The Morgan fingerprint density at radius 2 is 1.72 bits per heavy atom. The van der Waals surface area contributed by atoms with E-state index in [0.717, 1.165) is 12.0 Å². The highest BCUT2D eigenvalue weighted by Gasteiger charge is 2.29. The van der Waals surface area contributed by atoms with Crippen LogP contribution in [-0.4, -0.2) is 17.3 Å². The number of aliphatic hydroxyl groups is 1. The lowest BCUT2D eigenvalue weighted by molar-refractivity contribution is -0.0876. The zero-order valence-corrected chi connectivity index (χ0v) is 12.2. The van der Waals surface area contributed by atoms with Crippen molar-refractivity contribution in [3.05, 3.63) is 35.9 Å². The van der Waals surface area contributed by atoms with Gasteiger partial charge in [0.05, 0.1) is 17.8 Å². The van der Waals surface area contributed by atoms with Gasteiger partial charge in [0.1, 0.15) is 0 Å². The maximum absolute atomic E-state index is 10.2. The maximum Gasteiger partial charge on any atom is 0.0875 e. The summed E-state index contributed by atoms with van der Waals surface area (Å²) in [5.41, 5.74) is 0.180. The summed E-state index contributed by atoms with van der Waals surface area (Å²) >= 11 is 0. The molecule has 0 bridgehead atoms. The molecule has 2 nitrogen and oxygen atoms in total. The summed E-state index contributed by atoms with van der Waals surface area (Å²) in [5.74, 6) is 0.116. The van der Waals surface area contributed by atoms with E-state index in [9.17, 15) is 5.11 Å². The van der Waals surface area contributed by atoms with E-state index in [0.29, 0.717) is 6.61 Å². The predicted molar refractivity (Wildman–Crippen MR) is 75.5 cm³/mol. The van der Waals surface area contributed by atoms with Crippen molar-refractivity contribution in [3.8, 4) is 0 Å². The van der Waals surface area contributed by atoms with Crippen LogP contribution >= 0.6 is 0 Å². The van der Waals surface area contributed by atoms with E-state index in [-0.39, 0.29) is 11.5 Å². The van der Waals surface area contributed by atoms with Gasteiger partial charge in [-0.3, -0.25) is 0 Å². The number of ether oxygens (including phenoxy) is 1. The molecule has 102 valence electrons. The van der Waals surface area contributed by atoms with Gasteiger partial charge in [-0.1, -0.05) is 44.2 Å². The van der Waals surface area contributed by atoms with Gasteiger partial charge in [0.15, 0.2) is 0 Å². The maximum atomic E-state index is 10.2. The van der Waals surface area contributed by atoms with Gasteiger partial charge in [0, 0.05) is 5.92 Å². The molecule has 0 aliphatic heterocycles. The number of hydrogen-bond donors (Lipinski definition) is 1. The molecule has 0 fully saturated rings. The van der Waals surface area contributed by atoms with Crippen LogP contribution in [0, 0.1) is 5.92 Å². The van der Waals surface area contributed by atoms with E-state index in [2.05, 4.69) is 26.0 Å². The lowest BCUT2D eigenvalue weighted by atomic mass is 9.88. The topological polar surface area (TPSA) is 29.5 Å². The predicted octanol–water partition coefficient (Wildman–Crippen LogP) is 3.74. The van der Waals surface area contributed by atoms with Crippen molar-refractivity contribution >= 4 is 0 Å². The Bertz CT molecular complexity index is 355. The highest BCUT2D eigenvalue weighted by Crippen LogP contribution is 2.28. The van der Waals surface area contributed by atoms with Gasteiger partial charge >= 0.3 is 0 Å². The van der Waals surface area contributed by atoms with Gasteiger partial charge in [0.2, 0.25) is 0 Å². The van der Waals surface area contributed by atoms with E-state index in [1.807, 2.05) is 39.0 Å². The molecule has 0 radical (unpaired) electrons. The van der Waals surface area contributed by atoms with Gasteiger partial charge in [-0.2, -0.15) is 0 Å². The minimum atomic E-state index is -0.660. The van der Waals surface area contributed by atoms with Gasteiger partial charge in [0.25, 0.3) is 0 Å². The summed E-state index contributed by atoms with van der Waals surface area (Å²) in [4.78, 5) is 0. The van der Waals surface area contributed by atoms with E-state index in [4.69, 9.17) is 4.74 Å². The Labute approximate surface area is 111 Å². The SMILES string of the molecule is CCC(C)(O)C(C)COC(C)(C)c1ccccc1. The number of benzene rings is 1. The third kappa shape index (κ3) is 3.82. The molecule has 2 atom stereocenters. The van der Waals surface area contributed by atoms with Crippen molar-refractivity contribution in [2.24, 2.45) is 5.92 Å². The highest BCUT2D eigenvalue weighted by molar-refractivity contribution is 5.20. The van der Waals surface area contributed by atoms with Gasteiger partial charge < -0.3 is 9.84 Å². The summed E-state index contributed by atoms with van der Waals surface area (Å²) in [7, 11) is 0. The Kier molecular flexibility index (Phi) is 4.94. The van der Waals surface area contributed by atoms with Crippen molar-refractivity contribution in [3.63, 3.8) is 0 Å². The molecule has 0 spiro atoms. The smallest absolute Gasteiger partial charge is 0.0875 e. The molecule has 0 heterocycles. The highest BCUT2D eigenvalue weighted by atomic mass is 16.5. The lowest BCUT2D eigenvalue weighted by Gasteiger charge is -2.33. The number of hydrogen-bond acceptors (Lipinski definition) is 2. The summed E-state index contributed by atoms with van der Waals surface area (Å²) in [5, 5.41) is 10.2. The van der Waals surface area contributed by atoms with Crippen LogP contribution in [0.1, 0.15) is 46.6 Å². The van der Waals surface area contributed by atoms with Crippen molar-refractivity contribution in [1.29, 1.82) is 0 Å². The quantitative estimate of drug-likeness (QED) is 0.833. The fraction of sp³-hybridized carbons (Fsp3) is 0.625. The van der Waals surface area contributed by atoms with Crippen LogP contribution in [0.5, 0.6) is 0 Å². The van der Waals surface area contributed by atoms with Crippen LogP contribution in [-0.2, 0) is 10.3 Å². The molecule has 1 aromatic rings. The van der Waals surface area contributed by atoms with Crippen LogP contribution in [0.3, 0.4) is 0 Å². The van der Waals surface area contributed by atoms with Gasteiger partial charge in [-0.15, -0.1) is 0 Å². The largest absolute Gasteiger partial charge is 0.390 e. The molecular weight excluding hydrogens is 224 g/mol. The molecule has 0 amide bonds. The minimum Gasteiger partial charge on any atom is -0.390 e. The average Bonchev–Trinajstić information content (AvgIpc) is 2.37. The fourth-order valence-corrected chi connectivity index (χ4v) is 1.78. The third-order valence-electron chi connectivity index (χ3n) is 3.94. The second kappa shape index (κ2) is 5.85. The molecule has 0 aliphatic carbocycles. The molecule has 0 aromatic heterocycles. The average molecular weight is 250 g/mol. The van der Waals surface area contributed by atoms with E-state index in [1.54, 1.807) is 0 Å². The van der Waals surface area contributed by atoms with Crippen molar-refractivity contribution in [2.45, 2.75) is 52.2 Å². The van der Waals surface area contributed by atoms with Crippen LogP contribution < -0.4 is 0 Å². The molecule has 1 N–H and O–H groups in total. The molecular formula is C16H26O2. The van der Waals surface area contributed by atoms with Crippen LogP contribution in [0.2, 0.25) is 0 Å². The summed E-state index contributed by atoms with van der Waals surface area (Å²) in [6.45, 7) is 10.6. The first-order valence-corrected chi connectivity index (χ1v) is 6.71. The normalized spacial score (nSPS) is 17.2. The van der Waals surface area contributed by atoms with Crippen LogP contribution in [0.25, 0.3) is 0 Å². The van der Waals surface area contributed by atoms with Crippen molar-refractivity contribution in [2.75, 3.05) is 6.61 Å². The second-order valence-corrected chi connectivity index (χ2v) is 5.80. The fourth-order valence-electron chi connectivity index (χ4n) is 1.78. The Morgan fingerprint density at radius 3 is 2.22 bits per heavy atom. The summed E-state index contributed by atoms with van der Waals surface area (Å²) < 4.78 is 6.01. The Balaban J connectivity index is 2.63. The summed E-state index contributed by atoms with van der Waals surface area (Å²) in [6.07, 6.45) is 0.739. The molecule has 1 rings (SSSR count). The molecule has 18 heavy (non-hydrogen) atoms. The number of rotatable bonds is 6. The molecule has 2 heteroatoms. The van der Waals surface area contributed by atoms with Crippen molar-refractivity contribution < 1.29 is 9.84 Å². The second-order valence-electron chi connectivity index (χ2n) is 5.80. The van der Waals surface area contributed by atoms with Gasteiger partial charge in [-0.05, 0) is 32.8 Å². The first-order valence-electron chi connectivity index (χ1n) is 6.71. The van der Waals surface area contributed by atoms with E-state index in [1.165, 1.54) is 0 Å². The zero-order valence-electron chi connectivity index (χ0n) is 12.2. The van der Waals surface area contributed by atoms with E-state index >= 15 is 0 Å². The lowest BCUT2D eigenvalue weighted by Crippen LogP contribution is -2.37. The monoisotopic (exact) mass is 250 g/mol. The Morgan fingerprint density at radius 1 is 1.17 bits per heavy atom. The first kappa shape index (κ1) is 15.2.